The summed E-state index contributed by atoms with van der Waals surface area (Å²) in [7, 11) is 0. The highest BCUT2D eigenvalue weighted by Crippen LogP contribution is 2.16. The van der Waals surface area contributed by atoms with Gasteiger partial charge in [0, 0.05) is 32.3 Å². The summed E-state index contributed by atoms with van der Waals surface area (Å²) in [5.41, 5.74) is 0.729. The van der Waals surface area contributed by atoms with Gasteiger partial charge in [-0.1, -0.05) is 0 Å². The van der Waals surface area contributed by atoms with Crippen molar-refractivity contribution in [3.63, 3.8) is 0 Å². The molecule has 0 radical (unpaired) electrons. The van der Waals surface area contributed by atoms with Gasteiger partial charge >= 0.3 is 0 Å². The maximum Gasteiger partial charge on any atom is 0.223 e. The van der Waals surface area contributed by atoms with Crippen molar-refractivity contribution in [1.82, 2.24) is 20.0 Å². The lowest BCUT2D eigenvalue weighted by Gasteiger charge is -2.29. The van der Waals surface area contributed by atoms with Crippen molar-refractivity contribution in [2.75, 3.05) is 32.8 Å². The van der Waals surface area contributed by atoms with Gasteiger partial charge in [-0.2, -0.15) is 5.10 Å². The molecular weight excluding hydrogens is 324 g/mol. The number of hydrogen-bond acceptors (Lipinski definition) is 5. The number of β-amino-alcohol motifs (C(OH)–C–C–N with tert-alkyl or cyclic N) is 1. The van der Waals surface area contributed by atoms with Crippen molar-refractivity contribution in [2.45, 2.75) is 45.8 Å². The number of aromatic nitrogens is 2. The lowest BCUT2D eigenvalue weighted by molar-refractivity contribution is -0.136. The molecule has 1 saturated heterocycles. The fourth-order valence-electron chi connectivity index (χ4n) is 3.01. The number of ether oxygens (including phenoxy) is 1. The number of amides is 2. The van der Waals surface area contributed by atoms with Crippen LogP contribution >= 0.6 is 0 Å². The molecule has 1 aliphatic rings. The van der Waals surface area contributed by atoms with E-state index in [0.717, 1.165) is 24.4 Å². The Hall–Kier alpha value is -1.93. The lowest BCUT2D eigenvalue weighted by Crippen LogP contribution is -2.48. The molecule has 2 amide bonds. The first kappa shape index (κ1) is 19.4. The summed E-state index contributed by atoms with van der Waals surface area (Å²) in [4.78, 5) is 25.2. The molecule has 2 heterocycles. The molecule has 140 valence electrons. The number of carbonyl (C=O) groups excluding carboxylic acids is 2. The van der Waals surface area contributed by atoms with Crippen LogP contribution in [0.1, 0.15) is 31.2 Å². The molecule has 0 unspecified atom stereocenters. The number of aryl methyl sites for hydroxylation is 3. The topological polar surface area (TPSA) is 96.7 Å². The normalized spacial score (nSPS) is 21.0. The molecule has 0 aliphatic carbocycles. The lowest BCUT2D eigenvalue weighted by atomic mass is 9.99. The Bertz CT molecular complexity index is 616. The molecule has 1 aliphatic heterocycles. The van der Waals surface area contributed by atoms with E-state index in [9.17, 15) is 14.7 Å². The summed E-state index contributed by atoms with van der Waals surface area (Å²) in [5.74, 6) is -0.376. The van der Waals surface area contributed by atoms with Crippen LogP contribution in [-0.2, 0) is 20.9 Å². The summed E-state index contributed by atoms with van der Waals surface area (Å²) in [5, 5.41) is 17.8. The minimum Gasteiger partial charge on any atom is -0.385 e. The molecule has 2 rings (SSSR count). The number of nitrogens with one attached hydrogen (secondary N) is 1. The van der Waals surface area contributed by atoms with Gasteiger partial charge in [-0.15, -0.1) is 0 Å². The monoisotopic (exact) mass is 352 g/mol. The Labute approximate surface area is 148 Å². The van der Waals surface area contributed by atoms with Gasteiger partial charge in [-0.25, -0.2) is 0 Å². The molecule has 0 bridgehead atoms. The van der Waals surface area contributed by atoms with Gasteiger partial charge in [0.15, 0.2) is 0 Å². The van der Waals surface area contributed by atoms with Crippen LogP contribution in [-0.4, -0.2) is 70.1 Å². The summed E-state index contributed by atoms with van der Waals surface area (Å²) < 4.78 is 7.27. The molecule has 1 aromatic heterocycles. The second-order valence-corrected chi connectivity index (χ2v) is 6.75. The molecule has 8 heteroatoms. The smallest absolute Gasteiger partial charge is 0.223 e. The third kappa shape index (κ3) is 5.82. The van der Waals surface area contributed by atoms with E-state index in [4.69, 9.17) is 4.74 Å². The number of aliphatic hydroxyl groups is 1. The standard InChI is InChI=1S/C17H28N4O4/c1-13-9-14(2)21(19-13)6-4-5-18-16(23)10-17(24)11-20(15(3)22)7-8-25-12-17/h9,24H,4-8,10-12H2,1-3H3,(H,18,23)/t17-/m1/s1. The Morgan fingerprint density at radius 1 is 1.44 bits per heavy atom. The molecule has 0 spiro atoms. The Balaban J connectivity index is 1.76. The Morgan fingerprint density at radius 2 is 2.20 bits per heavy atom. The molecule has 0 aromatic carbocycles. The summed E-state index contributed by atoms with van der Waals surface area (Å²) in [6.07, 6.45) is 0.666. The third-order valence-electron chi connectivity index (χ3n) is 4.27. The summed E-state index contributed by atoms with van der Waals surface area (Å²) >= 11 is 0. The molecule has 1 fully saturated rings. The Kier molecular flexibility index (Phi) is 6.55. The van der Waals surface area contributed by atoms with Crippen LogP contribution in [0.15, 0.2) is 6.07 Å². The number of nitrogens with zero attached hydrogens (tertiary/aromatic N) is 3. The largest absolute Gasteiger partial charge is 0.385 e. The second kappa shape index (κ2) is 8.44. The predicted molar refractivity (Wildman–Crippen MR) is 92.0 cm³/mol. The van der Waals surface area contributed by atoms with Crippen LogP contribution in [0.4, 0.5) is 0 Å². The van der Waals surface area contributed by atoms with Gasteiger partial charge in [-0.3, -0.25) is 14.3 Å². The molecule has 2 N–H and O–H groups in total. The molecule has 1 aromatic rings. The SMILES string of the molecule is CC(=O)N1CCOC[C@@](O)(CC(=O)NCCCn2nc(C)cc2C)C1. The number of rotatable bonds is 6. The minimum atomic E-state index is -1.35. The van der Waals surface area contributed by atoms with Crippen LogP contribution in [0.25, 0.3) is 0 Å². The van der Waals surface area contributed by atoms with Crippen molar-refractivity contribution in [3.05, 3.63) is 17.5 Å². The summed E-state index contributed by atoms with van der Waals surface area (Å²) in [6.45, 7) is 7.60. The van der Waals surface area contributed by atoms with E-state index in [-0.39, 0.29) is 31.4 Å². The molecule has 1 atom stereocenters. The second-order valence-electron chi connectivity index (χ2n) is 6.75. The van der Waals surface area contributed by atoms with E-state index in [0.29, 0.717) is 19.7 Å². The van der Waals surface area contributed by atoms with E-state index in [2.05, 4.69) is 10.4 Å². The first-order valence-corrected chi connectivity index (χ1v) is 8.62. The van der Waals surface area contributed by atoms with Crippen LogP contribution in [0, 0.1) is 13.8 Å². The van der Waals surface area contributed by atoms with E-state index in [1.807, 2.05) is 24.6 Å². The van der Waals surface area contributed by atoms with Crippen molar-refractivity contribution >= 4 is 11.8 Å². The van der Waals surface area contributed by atoms with Crippen LogP contribution in [0.3, 0.4) is 0 Å². The zero-order valence-corrected chi connectivity index (χ0v) is 15.2. The minimum absolute atomic E-state index is 0.0515. The van der Waals surface area contributed by atoms with Crippen LogP contribution < -0.4 is 5.32 Å². The van der Waals surface area contributed by atoms with Gasteiger partial charge in [0.1, 0.15) is 5.60 Å². The van der Waals surface area contributed by atoms with Gasteiger partial charge in [-0.05, 0) is 26.3 Å². The zero-order chi connectivity index (χ0) is 18.4. The predicted octanol–water partition coefficient (Wildman–Crippen LogP) is 0.00614. The quantitative estimate of drug-likeness (QED) is 0.703. The van der Waals surface area contributed by atoms with E-state index >= 15 is 0 Å². The average molecular weight is 352 g/mol. The van der Waals surface area contributed by atoms with Gasteiger partial charge in [0.2, 0.25) is 11.8 Å². The van der Waals surface area contributed by atoms with Gasteiger partial charge in [0.25, 0.3) is 0 Å². The fraction of sp³-hybridized carbons (Fsp3) is 0.706. The van der Waals surface area contributed by atoms with Crippen molar-refractivity contribution in [1.29, 1.82) is 0 Å². The maximum absolute atomic E-state index is 12.1. The molecule has 0 saturated carbocycles. The molecular formula is C17H28N4O4. The first-order chi connectivity index (χ1) is 11.8. The first-order valence-electron chi connectivity index (χ1n) is 8.62. The third-order valence-corrected chi connectivity index (χ3v) is 4.27. The molecule has 25 heavy (non-hydrogen) atoms. The van der Waals surface area contributed by atoms with Crippen LogP contribution in [0.5, 0.6) is 0 Å². The Morgan fingerprint density at radius 3 is 2.84 bits per heavy atom. The number of hydrogen-bond donors (Lipinski definition) is 2. The van der Waals surface area contributed by atoms with Gasteiger partial charge in [0.05, 0.1) is 31.9 Å². The highest BCUT2D eigenvalue weighted by Gasteiger charge is 2.35. The highest BCUT2D eigenvalue weighted by molar-refractivity contribution is 5.77. The fourth-order valence-corrected chi connectivity index (χ4v) is 3.01. The summed E-state index contributed by atoms with van der Waals surface area (Å²) in [6, 6.07) is 2.01. The van der Waals surface area contributed by atoms with E-state index in [1.54, 1.807) is 0 Å². The van der Waals surface area contributed by atoms with Gasteiger partial charge < -0.3 is 20.1 Å². The van der Waals surface area contributed by atoms with Crippen molar-refractivity contribution in [3.8, 4) is 0 Å². The van der Waals surface area contributed by atoms with E-state index in [1.165, 1.54) is 11.8 Å². The average Bonchev–Trinajstić information content (AvgIpc) is 2.72. The number of carbonyl (C=O) groups is 2. The van der Waals surface area contributed by atoms with Crippen LogP contribution in [0.2, 0.25) is 0 Å². The molecule has 8 nitrogen and oxygen atoms in total. The zero-order valence-electron chi connectivity index (χ0n) is 15.2. The maximum atomic E-state index is 12.1. The van der Waals surface area contributed by atoms with Crippen molar-refractivity contribution < 1.29 is 19.4 Å². The highest BCUT2D eigenvalue weighted by atomic mass is 16.5. The van der Waals surface area contributed by atoms with Crippen molar-refractivity contribution in [2.24, 2.45) is 0 Å². The van der Waals surface area contributed by atoms with E-state index < -0.39 is 5.60 Å².